The first-order valence-corrected chi connectivity index (χ1v) is 12.6. The fourth-order valence-corrected chi connectivity index (χ4v) is 4.41. The number of unbranched alkanes of at least 4 members (excludes halogenated alkanes) is 7. The fourth-order valence-electron chi connectivity index (χ4n) is 4.41. The van der Waals surface area contributed by atoms with Gasteiger partial charge in [-0.05, 0) is 51.2 Å². The predicted molar refractivity (Wildman–Crippen MR) is 128 cm³/mol. The normalized spacial score (nSPS) is 13.6. The molecule has 0 saturated heterocycles. The molecule has 192 valence electrons. The van der Waals surface area contributed by atoms with Gasteiger partial charge in [0, 0.05) is 20.1 Å². The number of methoxy groups -OCH3 is 2. The number of rotatable bonds is 18. The predicted octanol–water partition coefficient (Wildman–Crippen LogP) is 8.55. The summed E-state index contributed by atoms with van der Waals surface area (Å²) < 4.78 is 56.4. The van der Waals surface area contributed by atoms with Gasteiger partial charge in [-0.25, -0.2) is 0 Å². The molecule has 1 unspecified atom stereocenters. The Hall–Kier alpha value is -1.11. The first kappa shape index (κ1) is 29.9. The number of ether oxygens (including phenoxy) is 3. The lowest BCUT2D eigenvalue weighted by molar-refractivity contribution is -0.399. The molecule has 0 aliphatic carbocycles. The Morgan fingerprint density at radius 2 is 1.39 bits per heavy atom. The summed E-state index contributed by atoms with van der Waals surface area (Å²) in [7, 11) is 3.27. The molecule has 0 spiro atoms. The highest BCUT2D eigenvalue weighted by atomic mass is 19.4. The minimum atomic E-state index is -4.29. The van der Waals surface area contributed by atoms with Crippen molar-refractivity contribution in [1.29, 1.82) is 0 Å². The van der Waals surface area contributed by atoms with Crippen molar-refractivity contribution in [2.75, 3.05) is 14.2 Å². The summed E-state index contributed by atoms with van der Waals surface area (Å²) in [6, 6.07) is 5.65. The van der Waals surface area contributed by atoms with Crippen LogP contribution < -0.4 is 0 Å². The highest BCUT2D eigenvalue weighted by Gasteiger charge is 2.41. The van der Waals surface area contributed by atoms with Crippen LogP contribution in [0.15, 0.2) is 24.3 Å². The third-order valence-corrected chi connectivity index (χ3v) is 6.15. The van der Waals surface area contributed by atoms with Gasteiger partial charge in [-0.3, -0.25) is 0 Å². The third-order valence-electron chi connectivity index (χ3n) is 6.15. The summed E-state index contributed by atoms with van der Waals surface area (Å²) in [5.74, 6) is -0.951. The molecule has 33 heavy (non-hydrogen) atoms. The van der Waals surface area contributed by atoms with Gasteiger partial charge in [-0.1, -0.05) is 76.5 Å². The maximum atomic E-state index is 12.9. The Labute approximate surface area is 199 Å². The zero-order valence-electron chi connectivity index (χ0n) is 21.3. The van der Waals surface area contributed by atoms with Crippen LogP contribution in [0.25, 0.3) is 0 Å². The molecule has 0 heterocycles. The summed E-state index contributed by atoms with van der Waals surface area (Å²) in [6.07, 6.45) is 8.27. The lowest BCUT2D eigenvalue weighted by Crippen LogP contribution is -2.46. The Bertz CT molecular complexity index is 627. The lowest BCUT2D eigenvalue weighted by Gasteiger charge is -2.39. The number of hydrogen-bond donors (Lipinski definition) is 0. The van der Waals surface area contributed by atoms with E-state index in [1.807, 2.05) is 13.8 Å². The molecule has 3 nitrogen and oxygen atoms in total. The minimum absolute atomic E-state index is 0.0298. The number of benzene rings is 1. The molecule has 1 rings (SSSR count). The average Bonchev–Trinajstić information content (AvgIpc) is 2.77. The van der Waals surface area contributed by atoms with E-state index in [1.54, 1.807) is 20.3 Å². The van der Waals surface area contributed by atoms with Crippen molar-refractivity contribution in [3.05, 3.63) is 35.4 Å². The quantitative estimate of drug-likeness (QED) is 0.158. The van der Waals surface area contributed by atoms with Crippen LogP contribution in [0, 0.1) is 5.92 Å². The van der Waals surface area contributed by atoms with Crippen molar-refractivity contribution >= 4 is 0 Å². The molecule has 0 amide bonds. The van der Waals surface area contributed by atoms with Crippen molar-refractivity contribution in [3.8, 4) is 0 Å². The molecule has 0 N–H and O–H groups in total. The second-order valence-electron chi connectivity index (χ2n) is 9.23. The molecule has 0 fully saturated rings. The van der Waals surface area contributed by atoms with Gasteiger partial charge in [0.25, 0.3) is 5.97 Å². The number of halogens is 3. The maximum Gasteiger partial charge on any atom is 0.416 e. The highest BCUT2D eigenvalue weighted by molar-refractivity contribution is 5.25. The average molecular weight is 475 g/mol. The van der Waals surface area contributed by atoms with Gasteiger partial charge in [0.05, 0.1) is 11.7 Å². The molecule has 0 saturated carbocycles. The molecular formula is C27H45F3O3. The van der Waals surface area contributed by atoms with Crippen molar-refractivity contribution in [2.45, 2.75) is 116 Å². The Morgan fingerprint density at radius 1 is 0.818 bits per heavy atom. The van der Waals surface area contributed by atoms with Gasteiger partial charge in [0.1, 0.15) is 0 Å². The lowest BCUT2D eigenvalue weighted by atomic mass is 9.91. The van der Waals surface area contributed by atoms with Crippen LogP contribution >= 0.6 is 0 Å². The molecule has 6 heteroatoms. The largest absolute Gasteiger partial charge is 0.416 e. The molecule has 1 aromatic rings. The summed E-state index contributed by atoms with van der Waals surface area (Å²) in [4.78, 5) is 0. The second kappa shape index (κ2) is 15.7. The topological polar surface area (TPSA) is 27.7 Å². The smallest absolute Gasteiger partial charge is 0.331 e. The van der Waals surface area contributed by atoms with Crippen molar-refractivity contribution in [1.82, 2.24) is 0 Å². The maximum absolute atomic E-state index is 12.9. The zero-order chi connectivity index (χ0) is 24.7. The molecule has 0 bridgehead atoms. The van der Waals surface area contributed by atoms with E-state index in [4.69, 9.17) is 14.2 Å². The van der Waals surface area contributed by atoms with Crippen LogP contribution in [0.1, 0.15) is 103 Å². The molecular weight excluding hydrogens is 429 g/mol. The van der Waals surface area contributed by atoms with Crippen LogP contribution in [-0.2, 0) is 26.8 Å². The van der Waals surface area contributed by atoms with Crippen LogP contribution in [-0.4, -0.2) is 26.3 Å². The van der Waals surface area contributed by atoms with Crippen molar-refractivity contribution in [2.24, 2.45) is 5.92 Å². The van der Waals surface area contributed by atoms with Gasteiger partial charge in [-0.2, -0.15) is 13.2 Å². The van der Waals surface area contributed by atoms with Gasteiger partial charge >= 0.3 is 6.18 Å². The van der Waals surface area contributed by atoms with E-state index in [-0.39, 0.29) is 12.0 Å². The standard InChI is InChI=1S/C27H45F3O3/c1-6-7-8-9-10-13-18-24(27(31-4,32-5)33-22(2)3)19-14-11-12-16-23-17-15-20-25(21-23)26(28,29)30/h15,17,20-22,24H,6-14,16,18-19H2,1-5H3. The Balaban J connectivity index is 2.62. The minimum Gasteiger partial charge on any atom is -0.331 e. The van der Waals surface area contributed by atoms with E-state index < -0.39 is 17.7 Å². The fraction of sp³-hybridized carbons (Fsp3) is 0.778. The van der Waals surface area contributed by atoms with E-state index in [0.29, 0.717) is 6.42 Å². The van der Waals surface area contributed by atoms with Gasteiger partial charge < -0.3 is 14.2 Å². The molecule has 1 aromatic carbocycles. The van der Waals surface area contributed by atoms with E-state index in [2.05, 4.69) is 6.92 Å². The summed E-state index contributed by atoms with van der Waals surface area (Å²) in [5.41, 5.74) is 0.162. The number of aryl methyl sites for hydroxylation is 1. The molecule has 0 aliphatic rings. The summed E-state index contributed by atoms with van der Waals surface area (Å²) in [6.45, 7) is 6.17. The molecule has 1 atom stereocenters. The highest BCUT2D eigenvalue weighted by Crippen LogP contribution is 2.35. The number of alkyl halides is 3. The Kier molecular flexibility index (Phi) is 14.3. The van der Waals surface area contributed by atoms with Crippen LogP contribution in [0.3, 0.4) is 0 Å². The van der Waals surface area contributed by atoms with E-state index in [9.17, 15) is 13.2 Å². The molecule has 0 radical (unpaired) electrons. The van der Waals surface area contributed by atoms with E-state index in [0.717, 1.165) is 50.2 Å². The van der Waals surface area contributed by atoms with Crippen LogP contribution in [0.4, 0.5) is 13.2 Å². The SMILES string of the molecule is CCCCCCCCC(CCCCCc1cccc(C(F)(F)F)c1)C(OC)(OC)OC(C)C. The zero-order valence-corrected chi connectivity index (χ0v) is 21.3. The second-order valence-corrected chi connectivity index (χ2v) is 9.23. The molecule has 0 aliphatic heterocycles. The monoisotopic (exact) mass is 474 g/mol. The van der Waals surface area contributed by atoms with E-state index in [1.165, 1.54) is 44.2 Å². The third kappa shape index (κ3) is 11.2. The van der Waals surface area contributed by atoms with Crippen LogP contribution in [0.2, 0.25) is 0 Å². The number of hydrogen-bond acceptors (Lipinski definition) is 3. The first-order valence-electron chi connectivity index (χ1n) is 12.6. The first-order chi connectivity index (χ1) is 15.7. The summed E-state index contributed by atoms with van der Waals surface area (Å²) >= 11 is 0. The van der Waals surface area contributed by atoms with E-state index >= 15 is 0 Å². The molecule has 0 aromatic heterocycles. The van der Waals surface area contributed by atoms with Crippen LogP contribution in [0.5, 0.6) is 0 Å². The summed E-state index contributed by atoms with van der Waals surface area (Å²) in [5, 5.41) is 0. The van der Waals surface area contributed by atoms with Crippen molar-refractivity contribution in [3.63, 3.8) is 0 Å². The van der Waals surface area contributed by atoms with Gasteiger partial charge in [0.2, 0.25) is 0 Å². The van der Waals surface area contributed by atoms with Gasteiger partial charge in [-0.15, -0.1) is 0 Å². The Morgan fingerprint density at radius 3 is 1.94 bits per heavy atom. The van der Waals surface area contributed by atoms with Crippen molar-refractivity contribution < 1.29 is 27.4 Å². The van der Waals surface area contributed by atoms with Gasteiger partial charge in [0.15, 0.2) is 0 Å².